The van der Waals surface area contributed by atoms with Crippen LogP contribution in [-0.2, 0) is 9.47 Å². The molecule has 0 saturated carbocycles. The number of allylic oxidation sites excluding steroid dienone is 2. The normalized spacial score (nSPS) is 23.1. The van der Waals surface area contributed by atoms with E-state index >= 15 is 0 Å². The Labute approximate surface area is 53.8 Å². The second kappa shape index (κ2) is 1.79. The van der Waals surface area contributed by atoms with Gasteiger partial charge < -0.3 is 9.47 Å². The molecule has 0 aromatic carbocycles. The van der Waals surface area contributed by atoms with Gasteiger partial charge in [0.15, 0.2) is 11.5 Å². The summed E-state index contributed by atoms with van der Waals surface area (Å²) < 4.78 is 10.5. The third-order valence-corrected chi connectivity index (χ3v) is 1.45. The molecule has 0 unspecified atom stereocenters. The Morgan fingerprint density at radius 1 is 1.00 bits per heavy atom. The molecule has 0 N–H and O–H groups in total. The van der Waals surface area contributed by atoms with E-state index in [1.165, 1.54) is 0 Å². The minimum Gasteiger partial charge on any atom is -0.486 e. The molecule has 9 heavy (non-hydrogen) atoms. The molecule has 0 bridgehead atoms. The maximum absolute atomic E-state index is 5.27. The van der Waals surface area contributed by atoms with Crippen LogP contribution in [0, 0.1) is 0 Å². The molecule has 48 valence electrons. The Morgan fingerprint density at radius 2 is 1.56 bits per heavy atom. The van der Waals surface area contributed by atoms with Crippen LogP contribution >= 0.6 is 0 Å². The second-order valence-corrected chi connectivity index (χ2v) is 2.07. The number of hydrogen-bond donors (Lipinski definition) is 0. The quantitative estimate of drug-likeness (QED) is 0.483. The van der Waals surface area contributed by atoms with Crippen molar-refractivity contribution in [2.75, 3.05) is 13.2 Å². The van der Waals surface area contributed by atoms with E-state index in [2.05, 4.69) is 0 Å². The SMILES string of the molecule is C1=C2OCCOC2=CC1. The standard InChI is InChI=1S/C7H8O2/c1-2-6-7(3-1)9-5-4-8-6/h2-3H,1,4-5H2. The summed E-state index contributed by atoms with van der Waals surface area (Å²) in [7, 11) is 0. The highest BCUT2D eigenvalue weighted by Gasteiger charge is 2.16. The topological polar surface area (TPSA) is 18.5 Å². The monoisotopic (exact) mass is 124 g/mol. The van der Waals surface area contributed by atoms with Gasteiger partial charge in [0.1, 0.15) is 13.2 Å². The molecule has 2 heteroatoms. The van der Waals surface area contributed by atoms with Gasteiger partial charge >= 0.3 is 0 Å². The van der Waals surface area contributed by atoms with Crippen molar-refractivity contribution in [1.29, 1.82) is 0 Å². The largest absolute Gasteiger partial charge is 0.486 e. The molecular formula is C7H8O2. The van der Waals surface area contributed by atoms with Crippen molar-refractivity contribution in [1.82, 2.24) is 0 Å². The molecule has 0 aromatic heterocycles. The smallest absolute Gasteiger partial charge is 0.157 e. The Balaban J connectivity index is 2.22. The molecule has 1 aliphatic heterocycles. The summed E-state index contributed by atoms with van der Waals surface area (Å²) in [5, 5.41) is 0. The molecule has 0 radical (unpaired) electrons. The fourth-order valence-corrected chi connectivity index (χ4v) is 1.04. The summed E-state index contributed by atoms with van der Waals surface area (Å²) in [6.45, 7) is 1.40. The van der Waals surface area contributed by atoms with Gasteiger partial charge in [0.25, 0.3) is 0 Å². The van der Waals surface area contributed by atoms with Crippen molar-refractivity contribution in [2.45, 2.75) is 6.42 Å². The van der Waals surface area contributed by atoms with Gasteiger partial charge in [-0.05, 0) is 18.6 Å². The molecular weight excluding hydrogens is 116 g/mol. The number of fused-ring (bicyclic) bond motifs is 1. The predicted octanol–water partition coefficient (Wildman–Crippen LogP) is 1.20. The van der Waals surface area contributed by atoms with Crippen molar-refractivity contribution in [2.24, 2.45) is 0 Å². The van der Waals surface area contributed by atoms with Crippen LogP contribution in [0.15, 0.2) is 23.7 Å². The highest BCUT2D eigenvalue weighted by molar-refractivity contribution is 5.28. The van der Waals surface area contributed by atoms with Gasteiger partial charge in [-0.25, -0.2) is 0 Å². The van der Waals surface area contributed by atoms with E-state index < -0.39 is 0 Å². The molecule has 2 aliphatic rings. The number of rotatable bonds is 0. The highest BCUT2D eigenvalue weighted by atomic mass is 16.6. The van der Waals surface area contributed by atoms with E-state index in [4.69, 9.17) is 9.47 Å². The van der Waals surface area contributed by atoms with Crippen molar-refractivity contribution in [3.63, 3.8) is 0 Å². The third-order valence-electron chi connectivity index (χ3n) is 1.45. The average molecular weight is 124 g/mol. The molecule has 0 spiro atoms. The van der Waals surface area contributed by atoms with E-state index in [0.29, 0.717) is 13.2 Å². The van der Waals surface area contributed by atoms with Gasteiger partial charge in [0.2, 0.25) is 0 Å². The summed E-state index contributed by atoms with van der Waals surface area (Å²) >= 11 is 0. The lowest BCUT2D eigenvalue weighted by Crippen LogP contribution is -2.11. The maximum Gasteiger partial charge on any atom is 0.157 e. The number of ether oxygens (including phenoxy) is 2. The Morgan fingerprint density at radius 3 is 2.11 bits per heavy atom. The molecule has 0 aromatic rings. The van der Waals surface area contributed by atoms with Crippen molar-refractivity contribution in [3.05, 3.63) is 23.7 Å². The Kier molecular flexibility index (Phi) is 0.979. The van der Waals surface area contributed by atoms with E-state index in [1.807, 2.05) is 12.2 Å². The van der Waals surface area contributed by atoms with Gasteiger partial charge in [-0.3, -0.25) is 0 Å². The summed E-state index contributed by atoms with van der Waals surface area (Å²) in [4.78, 5) is 0. The van der Waals surface area contributed by atoms with E-state index in [1.54, 1.807) is 0 Å². The lowest BCUT2D eigenvalue weighted by Gasteiger charge is -2.17. The summed E-state index contributed by atoms with van der Waals surface area (Å²) in [5.41, 5.74) is 0. The van der Waals surface area contributed by atoms with Crippen LogP contribution in [0.4, 0.5) is 0 Å². The minimum absolute atomic E-state index is 0.698. The first-order valence-electron chi connectivity index (χ1n) is 3.13. The van der Waals surface area contributed by atoms with Crippen LogP contribution in [0.5, 0.6) is 0 Å². The van der Waals surface area contributed by atoms with Crippen molar-refractivity contribution < 1.29 is 9.47 Å². The maximum atomic E-state index is 5.27. The van der Waals surface area contributed by atoms with Crippen LogP contribution in [0.25, 0.3) is 0 Å². The van der Waals surface area contributed by atoms with Crippen molar-refractivity contribution >= 4 is 0 Å². The molecule has 1 saturated heterocycles. The van der Waals surface area contributed by atoms with Gasteiger partial charge in [-0.2, -0.15) is 0 Å². The lowest BCUT2D eigenvalue weighted by atomic mass is 10.4. The number of hydrogen-bond acceptors (Lipinski definition) is 2. The lowest BCUT2D eigenvalue weighted by molar-refractivity contribution is 0.0614. The van der Waals surface area contributed by atoms with Gasteiger partial charge in [-0.15, -0.1) is 0 Å². The van der Waals surface area contributed by atoms with Crippen LogP contribution < -0.4 is 0 Å². The van der Waals surface area contributed by atoms with Gasteiger partial charge in [-0.1, -0.05) is 0 Å². The molecule has 0 atom stereocenters. The molecule has 2 rings (SSSR count). The van der Waals surface area contributed by atoms with Gasteiger partial charge in [0, 0.05) is 0 Å². The van der Waals surface area contributed by atoms with E-state index in [-0.39, 0.29) is 0 Å². The summed E-state index contributed by atoms with van der Waals surface area (Å²) in [6.07, 6.45) is 5.04. The Bertz CT molecular complexity index is 159. The summed E-state index contributed by atoms with van der Waals surface area (Å²) in [6, 6.07) is 0. The van der Waals surface area contributed by atoms with Crippen LogP contribution in [-0.4, -0.2) is 13.2 Å². The zero-order chi connectivity index (χ0) is 6.10. The molecule has 1 aliphatic carbocycles. The molecule has 0 amide bonds. The van der Waals surface area contributed by atoms with Crippen LogP contribution in [0.2, 0.25) is 0 Å². The first-order chi connectivity index (χ1) is 4.47. The van der Waals surface area contributed by atoms with E-state index in [0.717, 1.165) is 17.9 Å². The predicted molar refractivity (Wildman–Crippen MR) is 32.7 cm³/mol. The summed E-state index contributed by atoms with van der Waals surface area (Å²) in [5.74, 6) is 1.86. The Hall–Kier alpha value is -0.920. The molecule has 2 nitrogen and oxygen atoms in total. The van der Waals surface area contributed by atoms with Crippen LogP contribution in [0.1, 0.15) is 6.42 Å². The first kappa shape index (κ1) is 4.91. The first-order valence-corrected chi connectivity index (χ1v) is 3.13. The zero-order valence-corrected chi connectivity index (χ0v) is 5.09. The highest BCUT2D eigenvalue weighted by Crippen LogP contribution is 2.23. The molecule has 1 fully saturated rings. The van der Waals surface area contributed by atoms with E-state index in [9.17, 15) is 0 Å². The molecule has 1 heterocycles. The van der Waals surface area contributed by atoms with Crippen LogP contribution in [0.3, 0.4) is 0 Å². The second-order valence-electron chi connectivity index (χ2n) is 2.07. The average Bonchev–Trinajstić information content (AvgIpc) is 2.33. The fraction of sp³-hybridized carbons (Fsp3) is 0.429. The van der Waals surface area contributed by atoms with Gasteiger partial charge in [0.05, 0.1) is 0 Å². The van der Waals surface area contributed by atoms with Crippen molar-refractivity contribution in [3.8, 4) is 0 Å². The minimum atomic E-state index is 0.698. The fourth-order valence-electron chi connectivity index (χ4n) is 1.04. The zero-order valence-electron chi connectivity index (χ0n) is 5.09. The third kappa shape index (κ3) is 0.707.